The first kappa shape index (κ1) is 14.0. The van der Waals surface area contributed by atoms with Gasteiger partial charge in [0.1, 0.15) is 5.82 Å². The fourth-order valence-electron chi connectivity index (χ4n) is 2.76. The first-order valence-corrected chi connectivity index (χ1v) is 7.44. The molecule has 3 rings (SSSR count). The lowest BCUT2D eigenvalue weighted by molar-refractivity contribution is 0.414. The number of halogens is 1. The predicted octanol–water partition coefficient (Wildman–Crippen LogP) is 2.98. The molecular formula is C17H20FN3. The lowest BCUT2D eigenvalue weighted by Crippen LogP contribution is -2.42. The number of hydrogen-bond acceptors (Lipinski definition) is 3. The highest BCUT2D eigenvalue weighted by atomic mass is 19.1. The van der Waals surface area contributed by atoms with E-state index in [9.17, 15) is 4.39 Å². The Balaban J connectivity index is 1.47. The number of nitrogens with zero attached hydrogens (tertiary/aromatic N) is 2. The summed E-state index contributed by atoms with van der Waals surface area (Å²) in [4.78, 5) is 6.46. The van der Waals surface area contributed by atoms with Crippen LogP contribution in [-0.2, 0) is 6.54 Å². The average Bonchev–Trinajstić information content (AvgIpc) is 2.56. The Kier molecular flexibility index (Phi) is 4.46. The second-order valence-corrected chi connectivity index (χ2v) is 5.47. The minimum atomic E-state index is -0.176. The SMILES string of the molecule is Fc1ccc(CNC2CCN(c3ccncc3)CC2)cc1. The highest BCUT2D eigenvalue weighted by molar-refractivity contribution is 5.44. The van der Waals surface area contributed by atoms with Crippen LogP contribution in [0.1, 0.15) is 18.4 Å². The molecule has 0 atom stereocenters. The summed E-state index contributed by atoms with van der Waals surface area (Å²) in [5.41, 5.74) is 2.38. The van der Waals surface area contributed by atoms with Crippen LogP contribution in [0, 0.1) is 5.82 Å². The molecule has 1 aliphatic rings. The Morgan fingerprint density at radius 3 is 2.38 bits per heavy atom. The summed E-state index contributed by atoms with van der Waals surface area (Å²) in [6.45, 7) is 2.93. The van der Waals surface area contributed by atoms with Crippen molar-refractivity contribution in [3.05, 3.63) is 60.2 Å². The maximum atomic E-state index is 12.9. The zero-order valence-electron chi connectivity index (χ0n) is 12.0. The van der Waals surface area contributed by atoms with Crippen molar-refractivity contribution in [2.75, 3.05) is 18.0 Å². The molecule has 1 fully saturated rings. The third-order valence-electron chi connectivity index (χ3n) is 4.03. The Bertz CT molecular complexity index is 548. The van der Waals surface area contributed by atoms with Gasteiger partial charge in [-0.25, -0.2) is 4.39 Å². The zero-order chi connectivity index (χ0) is 14.5. The zero-order valence-corrected chi connectivity index (χ0v) is 12.0. The van der Waals surface area contributed by atoms with E-state index in [4.69, 9.17) is 0 Å². The molecule has 0 bridgehead atoms. The van der Waals surface area contributed by atoms with E-state index in [1.807, 2.05) is 24.5 Å². The van der Waals surface area contributed by atoms with Gasteiger partial charge in [-0.1, -0.05) is 12.1 Å². The molecule has 110 valence electrons. The number of hydrogen-bond donors (Lipinski definition) is 1. The van der Waals surface area contributed by atoms with Crippen molar-refractivity contribution in [3.8, 4) is 0 Å². The minimum Gasteiger partial charge on any atom is -0.371 e. The van der Waals surface area contributed by atoms with Crippen molar-refractivity contribution in [2.45, 2.75) is 25.4 Å². The van der Waals surface area contributed by atoms with E-state index in [0.717, 1.165) is 38.0 Å². The van der Waals surface area contributed by atoms with Crippen LogP contribution in [0.4, 0.5) is 10.1 Å². The molecule has 0 unspecified atom stereocenters. The van der Waals surface area contributed by atoms with Crippen LogP contribution in [0.15, 0.2) is 48.8 Å². The third-order valence-corrected chi connectivity index (χ3v) is 4.03. The fraction of sp³-hybridized carbons (Fsp3) is 0.353. The lowest BCUT2D eigenvalue weighted by Gasteiger charge is -2.34. The van der Waals surface area contributed by atoms with Crippen molar-refractivity contribution < 1.29 is 4.39 Å². The van der Waals surface area contributed by atoms with Gasteiger partial charge in [0.25, 0.3) is 0 Å². The summed E-state index contributed by atoms with van der Waals surface area (Å²) in [7, 11) is 0. The molecule has 1 aliphatic heterocycles. The fourth-order valence-corrected chi connectivity index (χ4v) is 2.76. The molecule has 21 heavy (non-hydrogen) atoms. The number of aromatic nitrogens is 1. The van der Waals surface area contributed by atoms with Gasteiger partial charge in [-0.15, -0.1) is 0 Å². The largest absolute Gasteiger partial charge is 0.371 e. The number of benzene rings is 1. The van der Waals surface area contributed by atoms with Crippen LogP contribution in [0.2, 0.25) is 0 Å². The van der Waals surface area contributed by atoms with Crippen molar-refractivity contribution in [1.82, 2.24) is 10.3 Å². The van der Waals surface area contributed by atoms with Gasteiger partial charge in [-0.05, 0) is 42.7 Å². The molecule has 1 saturated heterocycles. The van der Waals surface area contributed by atoms with E-state index in [1.165, 1.54) is 17.8 Å². The van der Waals surface area contributed by atoms with Gasteiger partial charge >= 0.3 is 0 Å². The third kappa shape index (κ3) is 3.79. The summed E-state index contributed by atoms with van der Waals surface area (Å²) < 4.78 is 12.9. The summed E-state index contributed by atoms with van der Waals surface area (Å²) >= 11 is 0. The number of pyridine rings is 1. The summed E-state index contributed by atoms with van der Waals surface area (Å²) in [5, 5.41) is 3.57. The number of nitrogens with one attached hydrogen (secondary N) is 1. The maximum Gasteiger partial charge on any atom is 0.123 e. The van der Waals surface area contributed by atoms with Crippen LogP contribution in [0.5, 0.6) is 0 Å². The maximum absolute atomic E-state index is 12.9. The molecule has 0 amide bonds. The Morgan fingerprint density at radius 1 is 1.05 bits per heavy atom. The van der Waals surface area contributed by atoms with Gasteiger partial charge in [-0.3, -0.25) is 4.98 Å². The van der Waals surface area contributed by atoms with E-state index >= 15 is 0 Å². The molecule has 1 aromatic carbocycles. The van der Waals surface area contributed by atoms with Gasteiger partial charge in [0.05, 0.1) is 0 Å². The second kappa shape index (κ2) is 6.68. The van der Waals surface area contributed by atoms with Crippen molar-refractivity contribution in [2.24, 2.45) is 0 Å². The van der Waals surface area contributed by atoms with Crippen LogP contribution in [0.3, 0.4) is 0 Å². The number of piperidine rings is 1. The van der Waals surface area contributed by atoms with Crippen LogP contribution in [0.25, 0.3) is 0 Å². The van der Waals surface area contributed by atoms with Gasteiger partial charge in [0.15, 0.2) is 0 Å². The second-order valence-electron chi connectivity index (χ2n) is 5.47. The van der Waals surface area contributed by atoms with Crippen molar-refractivity contribution in [1.29, 1.82) is 0 Å². The number of rotatable bonds is 4. The molecule has 2 heterocycles. The first-order valence-electron chi connectivity index (χ1n) is 7.44. The smallest absolute Gasteiger partial charge is 0.123 e. The molecule has 2 aromatic rings. The van der Waals surface area contributed by atoms with Gasteiger partial charge < -0.3 is 10.2 Å². The average molecular weight is 285 g/mol. The lowest BCUT2D eigenvalue weighted by atomic mass is 10.0. The monoisotopic (exact) mass is 285 g/mol. The predicted molar refractivity (Wildman–Crippen MR) is 82.7 cm³/mol. The van der Waals surface area contributed by atoms with E-state index in [0.29, 0.717) is 6.04 Å². The van der Waals surface area contributed by atoms with Crippen molar-refractivity contribution >= 4 is 5.69 Å². The normalized spacial score (nSPS) is 16.1. The van der Waals surface area contributed by atoms with Crippen LogP contribution < -0.4 is 10.2 Å². The molecule has 0 spiro atoms. The molecule has 1 aromatic heterocycles. The molecule has 0 saturated carbocycles. The molecular weight excluding hydrogens is 265 g/mol. The highest BCUT2D eigenvalue weighted by Gasteiger charge is 2.18. The quantitative estimate of drug-likeness (QED) is 0.936. The highest BCUT2D eigenvalue weighted by Crippen LogP contribution is 2.19. The summed E-state index contributed by atoms with van der Waals surface area (Å²) in [5.74, 6) is -0.176. The van der Waals surface area contributed by atoms with E-state index in [2.05, 4.69) is 27.3 Å². The van der Waals surface area contributed by atoms with Gasteiger partial charge in [0.2, 0.25) is 0 Å². The van der Waals surface area contributed by atoms with E-state index < -0.39 is 0 Å². The standard InChI is InChI=1S/C17H20FN3/c18-15-3-1-14(2-4-15)13-20-16-7-11-21(12-8-16)17-5-9-19-10-6-17/h1-6,9-10,16,20H,7-8,11-13H2. The minimum absolute atomic E-state index is 0.176. The molecule has 0 radical (unpaired) electrons. The first-order chi connectivity index (χ1) is 10.3. The van der Waals surface area contributed by atoms with Crippen LogP contribution >= 0.6 is 0 Å². The van der Waals surface area contributed by atoms with Gasteiger partial charge in [-0.2, -0.15) is 0 Å². The van der Waals surface area contributed by atoms with Gasteiger partial charge in [0, 0.05) is 43.8 Å². The Labute approximate surface area is 124 Å². The number of anilines is 1. The van der Waals surface area contributed by atoms with Crippen molar-refractivity contribution in [3.63, 3.8) is 0 Å². The molecule has 4 heteroatoms. The Hall–Kier alpha value is -1.94. The van der Waals surface area contributed by atoms with E-state index in [-0.39, 0.29) is 5.82 Å². The van der Waals surface area contributed by atoms with Crippen LogP contribution in [-0.4, -0.2) is 24.1 Å². The topological polar surface area (TPSA) is 28.2 Å². The molecule has 1 N–H and O–H groups in total. The summed E-state index contributed by atoms with van der Waals surface area (Å²) in [6.07, 6.45) is 5.94. The Morgan fingerprint density at radius 2 is 1.71 bits per heavy atom. The molecule has 3 nitrogen and oxygen atoms in total. The summed E-state index contributed by atoms with van der Waals surface area (Å²) in [6, 6.07) is 11.4. The molecule has 0 aliphatic carbocycles. The van der Waals surface area contributed by atoms with E-state index in [1.54, 1.807) is 0 Å².